The fourth-order valence-electron chi connectivity index (χ4n) is 1.62. The zero-order valence-electron chi connectivity index (χ0n) is 11.0. The molecule has 0 bridgehead atoms. The van der Waals surface area contributed by atoms with E-state index in [0.717, 1.165) is 12.8 Å². The van der Waals surface area contributed by atoms with Crippen molar-refractivity contribution in [1.29, 1.82) is 0 Å². The molecule has 104 valence electrons. The van der Waals surface area contributed by atoms with Crippen molar-refractivity contribution in [3.63, 3.8) is 0 Å². The predicted molar refractivity (Wildman–Crippen MR) is 68.5 cm³/mol. The van der Waals surface area contributed by atoms with Crippen LogP contribution in [0.15, 0.2) is 5.03 Å². The van der Waals surface area contributed by atoms with E-state index in [1.807, 2.05) is 0 Å². The number of aliphatic hydroxyl groups is 1. The summed E-state index contributed by atoms with van der Waals surface area (Å²) in [6.45, 7) is 5.91. The molecular weight excluding hydrogens is 254 g/mol. The summed E-state index contributed by atoms with van der Waals surface area (Å²) >= 11 is 0. The normalized spacial score (nSPS) is 12.3. The SMILES string of the molecule is Cc1[nH]nc(S(=O)(=O)NCCCC(C)C)c1CO. The summed E-state index contributed by atoms with van der Waals surface area (Å²) in [6.07, 6.45) is 1.75. The van der Waals surface area contributed by atoms with Crippen LogP contribution in [0.4, 0.5) is 0 Å². The van der Waals surface area contributed by atoms with E-state index < -0.39 is 10.0 Å². The third-order valence-corrected chi connectivity index (χ3v) is 4.13. The molecule has 1 aromatic rings. The van der Waals surface area contributed by atoms with E-state index in [1.54, 1.807) is 6.92 Å². The molecule has 18 heavy (non-hydrogen) atoms. The largest absolute Gasteiger partial charge is 0.392 e. The molecule has 0 radical (unpaired) electrons. The number of hydrogen-bond donors (Lipinski definition) is 3. The van der Waals surface area contributed by atoms with Crippen LogP contribution in [0.25, 0.3) is 0 Å². The molecule has 0 aliphatic rings. The second-order valence-electron chi connectivity index (χ2n) is 4.72. The first kappa shape index (κ1) is 15.1. The Hall–Kier alpha value is -0.920. The molecule has 0 saturated carbocycles. The smallest absolute Gasteiger partial charge is 0.260 e. The molecule has 0 spiro atoms. The minimum absolute atomic E-state index is 0.105. The van der Waals surface area contributed by atoms with Crippen molar-refractivity contribution < 1.29 is 13.5 Å². The van der Waals surface area contributed by atoms with E-state index in [1.165, 1.54) is 0 Å². The van der Waals surface area contributed by atoms with Crippen LogP contribution in [0.3, 0.4) is 0 Å². The molecule has 1 aromatic heterocycles. The fourth-order valence-corrected chi connectivity index (χ4v) is 2.88. The van der Waals surface area contributed by atoms with E-state index in [9.17, 15) is 8.42 Å². The molecular formula is C11H21N3O3S. The number of aromatic amines is 1. The highest BCUT2D eigenvalue weighted by molar-refractivity contribution is 7.89. The van der Waals surface area contributed by atoms with E-state index in [0.29, 0.717) is 23.7 Å². The van der Waals surface area contributed by atoms with Gasteiger partial charge in [-0.3, -0.25) is 5.10 Å². The number of rotatable bonds is 7. The zero-order chi connectivity index (χ0) is 13.8. The lowest BCUT2D eigenvalue weighted by molar-refractivity contribution is 0.277. The van der Waals surface area contributed by atoms with Crippen LogP contribution in [0.1, 0.15) is 37.9 Å². The third-order valence-electron chi connectivity index (χ3n) is 2.70. The van der Waals surface area contributed by atoms with Gasteiger partial charge in [0.15, 0.2) is 5.03 Å². The molecule has 0 unspecified atom stereocenters. The molecule has 7 heteroatoms. The second-order valence-corrected chi connectivity index (χ2v) is 6.41. The average molecular weight is 275 g/mol. The maximum absolute atomic E-state index is 12.0. The highest BCUT2D eigenvalue weighted by Crippen LogP contribution is 2.15. The summed E-state index contributed by atoms with van der Waals surface area (Å²) in [6, 6.07) is 0. The van der Waals surface area contributed by atoms with Crippen molar-refractivity contribution >= 4 is 10.0 Å². The Bertz CT molecular complexity index is 480. The minimum atomic E-state index is -3.63. The highest BCUT2D eigenvalue weighted by Gasteiger charge is 2.22. The molecule has 1 rings (SSSR count). The Balaban J connectivity index is 2.68. The Morgan fingerprint density at radius 3 is 2.67 bits per heavy atom. The summed E-state index contributed by atoms with van der Waals surface area (Å²) in [5.41, 5.74) is 0.895. The number of aliphatic hydroxyl groups excluding tert-OH is 1. The molecule has 0 aliphatic carbocycles. The first-order chi connectivity index (χ1) is 8.38. The first-order valence-electron chi connectivity index (χ1n) is 6.03. The van der Waals surface area contributed by atoms with Gasteiger partial charge in [-0.25, -0.2) is 13.1 Å². The summed E-state index contributed by atoms with van der Waals surface area (Å²) < 4.78 is 26.4. The van der Waals surface area contributed by atoms with Gasteiger partial charge in [0.2, 0.25) is 0 Å². The van der Waals surface area contributed by atoms with Gasteiger partial charge in [0, 0.05) is 17.8 Å². The minimum Gasteiger partial charge on any atom is -0.392 e. The molecule has 3 N–H and O–H groups in total. The lowest BCUT2D eigenvalue weighted by atomic mass is 10.1. The van der Waals surface area contributed by atoms with Gasteiger partial charge >= 0.3 is 0 Å². The zero-order valence-corrected chi connectivity index (χ0v) is 11.8. The molecule has 1 heterocycles. The van der Waals surface area contributed by atoms with Gasteiger partial charge in [0.05, 0.1) is 6.61 Å². The molecule has 0 aliphatic heterocycles. The molecule has 0 aromatic carbocycles. The van der Waals surface area contributed by atoms with Gasteiger partial charge < -0.3 is 5.11 Å². The summed E-state index contributed by atoms with van der Waals surface area (Å²) in [5.74, 6) is 0.551. The molecule has 0 atom stereocenters. The fraction of sp³-hybridized carbons (Fsp3) is 0.727. The number of aryl methyl sites for hydroxylation is 1. The van der Waals surface area contributed by atoms with E-state index in [4.69, 9.17) is 5.11 Å². The van der Waals surface area contributed by atoms with Crippen LogP contribution in [-0.2, 0) is 16.6 Å². The van der Waals surface area contributed by atoms with E-state index >= 15 is 0 Å². The molecule has 0 fully saturated rings. The number of nitrogens with zero attached hydrogens (tertiary/aromatic N) is 1. The Kier molecular flexibility index (Phi) is 5.30. The quantitative estimate of drug-likeness (QED) is 0.645. The topological polar surface area (TPSA) is 95.1 Å². The standard InChI is InChI=1S/C11H21N3O3S/c1-8(2)5-4-6-12-18(16,17)11-10(7-15)9(3)13-14-11/h8,12,15H,4-7H2,1-3H3,(H,13,14). The second kappa shape index (κ2) is 6.31. The van der Waals surface area contributed by atoms with Crippen LogP contribution < -0.4 is 4.72 Å². The Morgan fingerprint density at radius 2 is 2.11 bits per heavy atom. The average Bonchev–Trinajstić information content (AvgIpc) is 2.66. The summed E-state index contributed by atoms with van der Waals surface area (Å²) in [7, 11) is -3.63. The van der Waals surface area contributed by atoms with Crippen molar-refractivity contribution in [3.05, 3.63) is 11.3 Å². The van der Waals surface area contributed by atoms with E-state index in [-0.39, 0.29) is 11.6 Å². The van der Waals surface area contributed by atoms with Crippen molar-refractivity contribution in [3.8, 4) is 0 Å². The molecule has 6 nitrogen and oxygen atoms in total. The lowest BCUT2D eigenvalue weighted by Gasteiger charge is -2.07. The van der Waals surface area contributed by atoms with Crippen molar-refractivity contribution in [2.75, 3.05) is 6.54 Å². The van der Waals surface area contributed by atoms with Crippen LogP contribution in [0.2, 0.25) is 0 Å². The number of hydrogen-bond acceptors (Lipinski definition) is 4. The predicted octanol–water partition coefficient (Wildman–Crippen LogP) is 0.925. The number of aromatic nitrogens is 2. The lowest BCUT2D eigenvalue weighted by Crippen LogP contribution is -2.26. The number of nitrogens with one attached hydrogen (secondary N) is 2. The number of H-pyrrole nitrogens is 1. The van der Waals surface area contributed by atoms with E-state index in [2.05, 4.69) is 28.8 Å². The third kappa shape index (κ3) is 3.79. The van der Waals surface area contributed by atoms with Crippen molar-refractivity contribution in [2.45, 2.75) is 45.2 Å². The maximum Gasteiger partial charge on any atom is 0.260 e. The Labute approximate surface area is 108 Å². The van der Waals surface area contributed by atoms with Crippen LogP contribution in [0, 0.1) is 12.8 Å². The van der Waals surface area contributed by atoms with Gasteiger partial charge in [-0.05, 0) is 25.7 Å². The van der Waals surface area contributed by atoms with Crippen LogP contribution in [-0.4, -0.2) is 30.3 Å². The summed E-state index contributed by atoms with van der Waals surface area (Å²) in [5, 5.41) is 15.3. The van der Waals surface area contributed by atoms with Gasteiger partial charge in [-0.2, -0.15) is 5.10 Å². The Morgan fingerprint density at radius 1 is 1.44 bits per heavy atom. The highest BCUT2D eigenvalue weighted by atomic mass is 32.2. The van der Waals surface area contributed by atoms with Gasteiger partial charge in [-0.1, -0.05) is 13.8 Å². The first-order valence-corrected chi connectivity index (χ1v) is 7.51. The molecule has 0 amide bonds. The van der Waals surface area contributed by atoms with Gasteiger partial charge in [0.25, 0.3) is 10.0 Å². The van der Waals surface area contributed by atoms with Gasteiger partial charge in [-0.15, -0.1) is 0 Å². The summed E-state index contributed by atoms with van der Waals surface area (Å²) in [4.78, 5) is 0. The maximum atomic E-state index is 12.0. The van der Waals surface area contributed by atoms with Crippen LogP contribution >= 0.6 is 0 Å². The van der Waals surface area contributed by atoms with Crippen molar-refractivity contribution in [1.82, 2.24) is 14.9 Å². The number of sulfonamides is 1. The van der Waals surface area contributed by atoms with Crippen LogP contribution in [0.5, 0.6) is 0 Å². The molecule has 0 saturated heterocycles. The monoisotopic (exact) mass is 275 g/mol. The van der Waals surface area contributed by atoms with Crippen molar-refractivity contribution in [2.24, 2.45) is 5.92 Å². The van der Waals surface area contributed by atoms with Gasteiger partial charge in [0.1, 0.15) is 0 Å².